The van der Waals surface area contributed by atoms with E-state index in [2.05, 4.69) is 14.9 Å². The molecule has 1 aromatic heterocycles. The average Bonchev–Trinajstić information content (AvgIpc) is 3.35. The third-order valence-corrected chi connectivity index (χ3v) is 4.80. The Bertz CT molecular complexity index is 690. The Balaban J connectivity index is 1.57. The number of ether oxygens (including phenoxy) is 1. The van der Waals surface area contributed by atoms with Crippen molar-refractivity contribution >= 4 is 5.91 Å². The van der Waals surface area contributed by atoms with Crippen LogP contribution in [0.25, 0.3) is 0 Å². The Morgan fingerprint density at radius 1 is 1.33 bits per heavy atom. The quantitative estimate of drug-likeness (QED) is 0.809. The number of imidazole rings is 1. The van der Waals surface area contributed by atoms with Gasteiger partial charge in [-0.05, 0) is 25.3 Å². The summed E-state index contributed by atoms with van der Waals surface area (Å²) >= 11 is 0. The molecule has 5 heteroatoms. The van der Waals surface area contributed by atoms with Gasteiger partial charge >= 0.3 is 0 Å². The van der Waals surface area contributed by atoms with E-state index in [1.165, 1.54) is 0 Å². The zero-order valence-corrected chi connectivity index (χ0v) is 14.4. The zero-order chi connectivity index (χ0) is 17.0. The molecule has 1 heterocycles. The fraction of sp³-hybridized carbons (Fsp3) is 0.474. The Hall–Kier alpha value is -2.14. The molecule has 1 aromatic carbocycles. The summed E-state index contributed by atoms with van der Waals surface area (Å²) < 4.78 is 7.30. The van der Waals surface area contributed by atoms with Crippen molar-refractivity contribution in [3.05, 3.63) is 53.6 Å². The Morgan fingerprint density at radius 2 is 2.08 bits per heavy atom. The summed E-state index contributed by atoms with van der Waals surface area (Å²) in [6.07, 6.45) is 4.47. The van der Waals surface area contributed by atoms with Crippen LogP contribution in [-0.4, -0.2) is 35.7 Å². The lowest BCUT2D eigenvalue weighted by molar-refractivity contribution is -0.123. The Labute approximate surface area is 143 Å². The van der Waals surface area contributed by atoms with Gasteiger partial charge in [-0.1, -0.05) is 30.3 Å². The molecule has 1 fully saturated rings. The minimum Gasteiger partial charge on any atom is -0.383 e. The van der Waals surface area contributed by atoms with Crippen molar-refractivity contribution in [3.8, 4) is 0 Å². The minimum absolute atomic E-state index is 0.139. The van der Waals surface area contributed by atoms with E-state index in [9.17, 15) is 4.79 Å². The molecule has 0 bridgehead atoms. The SMILES string of the molecule is COCCn1c(C)cnc1CCNC(=O)C1(c2ccccc2)CC1. The maximum Gasteiger partial charge on any atom is 0.230 e. The molecule has 0 atom stereocenters. The van der Waals surface area contributed by atoms with Crippen LogP contribution in [0.1, 0.15) is 29.9 Å². The number of methoxy groups -OCH3 is 1. The number of carbonyl (C=O) groups excluding carboxylic acids is 1. The van der Waals surface area contributed by atoms with Gasteiger partial charge < -0.3 is 14.6 Å². The van der Waals surface area contributed by atoms with E-state index in [0.717, 1.165) is 42.9 Å². The number of nitrogens with zero attached hydrogens (tertiary/aromatic N) is 2. The van der Waals surface area contributed by atoms with Gasteiger partial charge in [-0.15, -0.1) is 0 Å². The minimum atomic E-state index is -0.303. The molecule has 1 amide bonds. The molecule has 128 valence electrons. The highest BCUT2D eigenvalue weighted by Gasteiger charge is 2.50. The van der Waals surface area contributed by atoms with Gasteiger partial charge in [0.25, 0.3) is 0 Å². The summed E-state index contributed by atoms with van der Waals surface area (Å²) in [4.78, 5) is 17.1. The van der Waals surface area contributed by atoms with E-state index in [4.69, 9.17) is 4.74 Å². The van der Waals surface area contributed by atoms with Crippen molar-refractivity contribution in [2.75, 3.05) is 20.3 Å². The number of benzene rings is 1. The molecule has 0 aliphatic heterocycles. The van der Waals surface area contributed by atoms with E-state index in [1.54, 1.807) is 7.11 Å². The lowest BCUT2D eigenvalue weighted by Gasteiger charge is -2.16. The van der Waals surface area contributed by atoms with Gasteiger partial charge in [-0.3, -0.25) is 4.79 Å². The molecule has 0 saturated heterocycles. The fourth-order valence-electron chi connectivity index (χ4n) is 3.18. The van der Waals surface area contributed by atoms with Crippen molar-refractivity contribution < 1.29 is 9.53 Å². The number of aryl methyl sites for hydroxylation is 1. The molecule has 1 N–H and O–H groups in total. The summed E-state index contributed by atoms with van der Waals surface area (Å²) in [5.41, 5.74) is 1.94. The molecule has 0 spiro atoms. The van der Waals surface area contributed by atoms with E-state index in [1.807, 2.05) is 43.5 Å². The second-order valence-electron chi connectivity index (χ2n) is 6.41. The van der Waals surface area contributed by atoms with Gasteiger partial charge in [0.05, 0.1) is 12.0 Å². The molecule has 5 nitrogen and oxygen atoms in total. The molecular weight excluding hydrogens is 302 g/mol. The first kappa shape index (κ1) is 16.7. The predicted octanol–water partition coefficient (Wildman–Crippen LogP) is 2.23. The van der Waals surface area contributed by atoms with Crippen LogP contribution in [0.5, 0.6) is 0 Å². The van der Waals surface area contributed by atoms with Crippen LogP contribution in [0, 0.1) is 6.92 Å². The van der Waals surface area contributed by atoms with Crippen LogP contribution >= 0.6 is 0 Å². The van der Waals surface area contributed by atoms with Gasteiger partial charge in [0.1, 0.15) is 5.82 Å². The maximum absolute atomic E-state index is 12.6. The topological polar surface area (TPSA) is 56.1 Å². The smallest absolute Gasteiger partial charge is 0.230 e. The molecule has 24 heavy (non-hydrogen) atoms. The summed E-state index contributed by atoms with van der Waals surface area (Å²) in [7, 11) is 1.70. The van der Waals surface area contributed by atoms with E-state index >= 15 is 0 Å². The highest BCUT2D eigenvalue weighted by atomic mass is 16.5. The van der Waals surface area contributed by atoms with Crippen molar-refractivity contribution in [3.63, 3.8) is 0 Å². The maximum atomic E-state index is 12.6. The normalized spacial score (nSPS) is 15.2. The number of nitrogens with one attached hydrogen (secondary N) is 1. The van der Waals surface area contributed by atoms with Crippen LogP contribution in [0.4, 0.5) is 0 Å². The molecule has 1 aliphatic rings. The molecule has 3 rings (SSSR count). The Morgan fingerprint density at radius 3 is 2.75 bits per heavy atom. The summed E-state index contributed by atoms with van der Waals surface area (Å²) in [6.45, 7) is 4.10. The molecule has 1 saturated carbocycles. The average molecular weight is 327 g/mol. The van der Waals surface area contributed by atoms with Crippen molar-refractivity contribution in [2.45, 2.75) is 38.1 Å². The number of carbonyl (C=O) groups is 1. The van der Waals surface area contributed by atoms with Crippen LogP contribution in [0.2, 0.25) is 0 Å². The number of amides is 1. The van der Waals surface area contributed by atoms with E-state index in [-0.39, 0.29) is 11.3 Å². The highest BCUT2D eigenvalue weighted by Crippen LogP contribution is 2.48. The number of rotatable bonds is 8. The van der Waals surface area contributed by atoms with Gasteiger partial charge in [0, 0.05) is 38.5 Å². The lowest BCUT2D eigenvalue weighted by Crippen LogP contribution is -2.36. The molecule has 2 aromatic rings. The monoisotopic (exact) mass is 327 g/mol. The van der Waals surface area contributed by atoms with Crippen LogP contribution in [0.3, 0.4) is 0 Å². The number of aromatic nitrogens is 2. The second-order valence-corrected chi connectivity index (χ2v) is 6.41. The summed E-state index contributed by atoms with van der Waals surface area (Å²) in [5.74, 6) is 1.13. The van der Waals surface area contributed by atoms with Crippen LogP contribution in [0.15, 0.2) is 36.5 Å². The fourth-order valence-corrected chi connectivity index (χ4v) is 3.18. The van der Waals surface area contributed by atoms with Gasteiger partial charge in [0.2, 0.25) is 5.91 Å². The third-order valence-electron chi connectivity index (χ3n) is 4.80. The lowest BCUT2D eigenvalue weighted by atomic mass is 9.95. The van der Waals surface area contributed by atoms with Crippen LogP contribution in [-0.2, 0) is 27.9 Å². The first-order valence-electron chi connectivity index (χ1n) is 8.51. The second kappa shape index (κ2) is 7.18. The number of hydrogen-bond donors (Lipinski definition) is 1. The summed E-state index contributed by atoms with van der Waals surface area (Å²) in [6, 6.07) is 10.1. The van der Waals surface area contributed by atoms with Crippen molar-refractivity contribution in [1.29, 1.82) is 0 Å². The van der Waals surface area contributed by atoms with Gasteiger partial charge in [-0.25, -0.2) is 4.98 Å². The highest BCUT2D eigenvalue weighted by molar-refractivity contribution is 5.91. The number of hydrogen-bond acceptors (Lipinski definition) is 3. The van der Waals surface area contributed by atoms with Gasteiger partial charge in [0.15, 0.2) is 0 Å². The molecule has 0 radical (unpaired) electrons. The van der Waals surface area contributed by atoms with Crippen molar-refractivity contribution in [2.24, 2.45) is 0 Å². The first-order chi connectivity index (χ1) is 11.7. The van der Waals surface area contributed by atoms with Crippen molar-refractivity contribution in [1.82, 2.24) is 14.9 Å². The van der Waals surface area contributed by atoms with Gasteiger partial charge in [-0.2, -0.15) is 0 Å². The summed E-state index contributed by atoms with van der Waals surface area (Å²) in [5, 5.41) is 3.10. The Kier molecular flexibility index (Phi) is 5.00. The third kappa shape index (κ3) is 3.36. The molecule has 1 aliphatic carbocycles. The largest absolute Gasteiger partial charge is 0.383 e. The first-order valence-corrected chi connectivity index (χ1v) is 8.51. The standard InChI is InChI=1S/C19H25N3O2/c1-15-14-21-17(22(15)12-13-24-2)8-11-20-18(23)19(9-10-19)16-6-4-3-5-7-16/h3-7,14H,8-13H2,1-2H3,(H,20,23). The predicted molar refractivity (Wildman–Crippen MR) is 92.9 cm³/mol. The molecule has 0 unspecified atom stereocenters. The van der Waals surface area contributed by atoms with Crippen LogP contribution < -0.4 is 5.32 Å². The van der Waals surface area contributed by atoms with E-state index in [0.29, 0.717) is 13.2 Å². The van der Waals surface area contributed by atoms with E-state index < -0.39 is 0 Å². The molecular formula is C19H25N3O2. The zero-order valence-electron chi connectivity index (χ0n) is 14.4.